The van der Waals surface area contributed by atoms with Gasteiger partial charge in [-0.05, 0) is 48.9 Å². The number of benzene rings is 2. The summed E-state index contributed by atoms with van der Waals surface area (Å²) >= 11 is 6.19. The number of para-hydroxylation sites is 1. The first-order valence-electron chi connectivity index (χ1n) is 11.4. The molecular weight excluding hydrogens is 455 g/mol. The summed E-state index contributed by atoms with van der Waals surface area (Å²) in [7, 11) is 1.39. The molecule has 1 amide bonds. The van der Waals surface area contributed by atoms with E-state index in [0.717, 1.165) is 12.1 Å². The van der Waals surface area contributed by atoms with Crippen LogP contribution in [-0.2, 0) is 17.4 Å². The van der Waals surface area contributed by atoms with E-state index in [1.54, 1.807) is 24.3 Å². The van der Waals surface area contributed by atoms with E-state index in [-0.39, 0.29) is 34.4 Å². The van der Waals surface area contributed by atoms with Crippen LogP contribution in [0.2, 0.25) is 5.02 Å². The van der Waals surface area contributed by atoms with E-state index >= 15 is 0 Å². The number of nitrogens with zero attached hydrogens (tertiary/aromatic N) is 3. The van der Waals surface area contributed by atoms with Gasteiger partial charge in [0.2, 0.25) is 5.91 Å². The van der Waals surface area contributed by atoms with Gasteiger partial charge in [0.1, 0.15) is 17.6 Å². The molecule has 0 saturated heterocycles. The summed E-state index contributed by atoms with van der Waals surface area (Å²) in [5, 5.41) is 0.0961. The highest BCUT2D eigenvalue weighted by Crippen LogP contribution is 2.41. The molecule has 0 fully saturated rings. The van der Waals surface area contributed by atoms with Crippen LogP contribution in [0.1, 0.15) is 20.9 Å². The lowest BCUT2D eigenvalue weighted by molar-refractivity contribution is -0.137. The second kappa shape index (κ2) is 8.59. The fourth-order valence-corrected chi connectivity index (χ4v) is 4.13. The predicted molar refractivity (Wildman–Crippen MR) is 121 cm³/mol. The third-order valence-corrected chi connectivity index (χ3v) is 5.68. The Balaban J connectivity index is 1.84. The first-order valence-corrected chi connectivity index (χ1v) is 10.3. The van der Waals surface area contributed by atoms with Crippen molar-refractivity contribution in [1.29, 1.82) is 0 Å². The number of halogens is 4. The first-order chi connectivity index (χ1) is 16.8. The maximum absolute atomic E-state index is 13.9. The van der Waals surface area contributed by atoms with E-state index in [0.29, 0.717) is 16.2 Å². The van der Waals surface area contributed by atoms with E-state index in [4.69, 9.17) is 20.5 Å². The van der Waals surface area contributed by atoms with Crippen LogP contribution in [0.15, 0.2) is 54.6 Å². The molecule has 0 aliphatic carbocycles. The van der Waals surface area contributed by atoms with Crippen LogP contribution in [0, 0.1) is 6.92 Å². The lowest BCUT2D eigenvalue weighted by atomic mass is 10.1. The average Bonchev–Trinajstić information content (AvgIpc) is 3.17. The molecule has 5 nitrogen and oxygen atoms in total. The SMILES string of the molecule is [2H]C([2H])([2H])N(C(=O)C1Cc2ccccc2N1c1cc(C(F)(F)F)cc(C)n1)c1ccc(OC)c(Cl)c1. The normalized spacial score (nSPS) is 17.1. The van der Waals surface area contributed by atoms with Gasteiger partial charge in [0, 0.05) is 34.6 Å². The molecule has 2 heterocycles. The minimum Gasteiger partial charge on any atom is -0.495 e. The summed E-state index contributed by atoms with van der Waals surface area (Å²) in [4.78, 5) is 20.1. The Bertz CT molecular complexity index is 1320. The van der Waals surface area contributed by atoms with Gasteiger partial charge >= 0.3 is 6.18 Å². The summed E-state index contributed by atoms with van der Waals surface area (Å²) in [5.74, 6) is -0.662. The zero-order valence-electron chi connectivity index (χ0n) is 20.7. The van der Waals surface area contributed by atoms with Crippen LogP contribution >= 0.6 is 11.6 Å². The minimum absolute atomic E-state index is 0.00473. The van der Waals surface area contributed by atoms with Crippen LogP contribution < -0.4 is 14.5 Å². The molecule has 2 aromatic carbocycles. The number of ether oxygens (including phenoxy) is 1. The maximum atomic E-state index is 13.9. The summed E-state index contributed by atoms with van der Waals surface area (Å²) in [6.45, 7) is -1.49. The molecule has 1 unspecified atom stereocenters. The highest BCUT2D eigenvalue weighted by molar-refractivity contribution is 6.32. The number of amides is 1. The summed E-state index contributed by atoms with van der Waals surface area (Å²) < 4.78 is 70.0. The van der Waals surface area contributed by atoms with E-state index < -0.39 is 30.7 Å². The number of fused-ring (bicyclic) bond motifs is 1. The summed E-state index contributed by atoms with van der Waals surface area (Å²) in [6, 6.07) is 11.5. The van der Waals surface area contributed by atoms with Crippen molar-refractivity contribution in [3.63, 3.8) is 0 Å². The molecule has 33 heavy (non-hydrogen) atoms. The number of rotatable bonds is 4. The van der Waals surface area contributed by atoms with Crippen molar-refractivity contribution in [2.75, 3.05) is 23.9 Å². The van der Waals surface area contributed by atoms with Gasteiger partial charge in [-0.2, -0.15) is 13.2 Å². The number of carbonyl (C=O) groups is 1. The number of hydrogen-bond acceptors (Lipinski definition) is 4. The molecule has 0 N–H and O–H groups in total. The van der Waals surface area contributed by atoms with E-state index in [2.05, 4.69) is 4.98 Å². The smallest absolute Gasteiger partial charge is 0.416 e. The molecule has 9 heteroatoms. The Kier molecular flexibility index (Phi) is 5.01. The van der Waals surface area contributed by atoms with Gasteiger partial charge in [0.05, 0.1) is 17.7 Å². The fraction of sp³-hybridized carbons (Fsp3) is 0.250. The van der Waals surface area contributed by atoms with Gasteiger partial charge in [-0.25, -0.2) is 4.98 Å². The molecule has 0 spiro atoms. The Labute approximate surface area is 198 Å². The van der Waals surface area contributed by atoms with Crippen molar-refractivity contribution in [3.8, 4) is 5.75 Å². The van der Waals surface area contributed by atoms with Crippen molar-refractivity contribution in [2.45, 2.75) is 25.6 Å². The number of hydrogen-bond donors (Lipinski definition) is 0. The number of pyridine rings is 1. The predicted octanol–water partition coefficient (Wildman–Crippen LogP) is 5.80. The standard InChI is InChI=1S/C24H21ClF3N3O2/c1-14-10-16(24(26,27)28)12-22(29-14)31-19-7-5-4-6-15(19)11-20(31)23(32)30(2)17-8-9-21(33-3)18(25)13-17/h4-10,12-13,20H,11H2,1-3H3/i2D3. The Morgan fingerprint density at radius 3 is 2.67 bits per heavy atom. The minimum atomic E-state index is -4.63. The number of alkyl halides is 3. The van der Waals surface area contributed by atoms with E-state index in [9.17, 15) is 18.0 Å². The molecule has 1 aliphatic rings. The van der Waals surface area contributed by atoms with Crippen LogP contribution in [0.4, 0.5) is 30.4 Å². The molecule has 0 saturated carbocycles. The topological polar surface area (TPSA) is 45.7 Å². The second-order valence-corrected chi connectivity index (χ2v) is 7.97. The van der Waals surface area contributed by atoms with Gasteiger partial charge < -0.3 is 14.5 Å². The van der Waals surface area contributed by atoms with Crippen molar-refractivity contribution >= 4 is 34.7 Å². The lowest BCUT2D eigenvalue weighted by Gasteiger charge is -2.30. The number of aryl methyl sites for hydroxylation is 1. The van der Waals surface area contributed by atoms with Gasteiger partial charge in [0.25, 0.3) is 0 Å². The van der Waals surface area contributed by atoms with E-state index in [1.807, 2.05) is 0 Å². The van der Waals surface area contributed by atoms with Crippen LogP contribution in [0.5, 0.6) is 5.75 Å². The van der Waals surface area contributed by atoms with Crippen molar-refractivity contribution in [1.82, 2.24) is 4.98 Å². The molecule has 1 aliphatic heterocycles. The molecule has 0 bridgehead atoms. The third-order valence-electron chi connectivity index (χ3n) is 5.39. The van der Waals surface area contributed by atoms with Crippen molar-refractivity contribution in [2.24, 2.45) is 0 Å². The second-order valence-electron chi connectivity index (χ2n) is 7.56. The zero-order chi connectivity index (χ0) is 26.4. The zero-order valence-corrected chi connectivity index (χ0v) is 18.4. The van der Waals surface area contributed by atoms with Gasteiger partial charge in [0.15, 0.2) is 0 Å². The molecule has 4 rings (SSSR count). The average molecular weight is 479 g/mol. The molecule has 172 valence electrons. The monoisotopic (exact) mass is 478 g/mol. The Morgan fingerprint density at radius 1 is 1.24 bits per heavy atom. The first kappa shape index (κ1) is 19.2. The largest absolute Gasteiger partial charge is 0.495 e. The highest BCUT2D eigenvalue weighted by atomic mass is 35.5. The summed E-state index contributed by atoms with van der Waals surface area (Å²) in [6.07, 6.45) is -4.56. The molecule has 1 atom stereocenters. The third kappa shape index (κ3) is 4.35. The molecule has 1 aromatic heterocycles. The Hall–Kier alpha value is -3.26. The lowest BCUT2D eigenvalue weighted by Crippen LogP contribution is -2.44. The highest BCUT2D eigenvalue weighted by Gasteiger charge is 2.39. The van der Waals surface area contributed by atoms with Crippen LogP contribution in [-0.4, -0.2) is 31.0 Å². The fourth-order valence-electron chi connectivity index (χ4n) is 3.88. The molecular formula is C24H21ClF3N3O2. The van der Waals surface area contributed by atoms with Gasteiger partial charge in [-0.1, -0.05) is 29.8 Å². The van der Waals surface area contributed by atoms with Crippen molar-refractivity contribution < 1.29 is 26.8 Å². The molecule has 0 radical (unpaired) electrons. The number of anilines is 3. The number of carbonyl (C=O) groups excluding carboxylic acids is 1. The van der Waals surface area contributed by atoms with Crippen molar-refractivity contribution in [3.05, 3.63) is 76.4 Å². The van der Waals surface area contributed by atoms with Crippen LogP contribution in [0.3, 0.4) is 0 Å². The number of aromatic nitrogens is 1. The number of likely N-dealkylation sites (N-methyl/N-ethyl adjacent to an activating group) is 1. The maximum Gasteiger partial charge on any atom is 0.416 e. The van der Waals surface area contributed by atoms with Gasteiger partial charge in [-0.3, -0.25) is 4.79 Å². The van der Waals surface area contributed by atoms with Crippen LogP contribution in [0.25, 0.3) is 0 Å². The van der Waals surface area contributed by atoms with E-state index in [1.165, 1.54) is 37.1 Å². The number of methoxy groups -OCH3 is 1. The Morgan fingerprint density at radius 2 is 2.00 bits per heavy atom. The summed E-state index contributed by atoms with van der Waals surface area (Å²) in [5.41, 5.74) is 0.321. The molecule has 3 aromatic rings. The van der Waals surface area contributed by atoms with Gasteiger partial charge in [-0.15, -0.1) is 0 Å². The quantitative estimate of drug-likeness (QED) is 0.475.